The number of rotatable bonds is 7. The summed E-state index contributed by atoms with van der Waals surface area (Å²) in [6.07, 6.45) is 6.54. The summed E-state index contributed by atoms with van der Waals surface area (Å²) in [7, 11) is 4.09. The van der Waals surface area contributed by atoms with Gasteiger partial charge in [0.25, 0.3) is 0 Å². The molecule has 1 atom stereocenters. The first kappa shape index (κ1) is 26.2. The molecule has 0 amide bonds. The second-order valence-corrected chi connectivity index (χ2v) is 9.08. The van der Waals surface area contributed by atoms with Crippen molar-refractivity contribution in [2.45, 2.75) is 57.6 Å². The van der Waals surface area contributed by atoms with Crippen molar-refractivity contribution in [3.63, 3.8) is 0 Å². The highest BCUT2D eigenvalue weighted by molar-refractivity contribution is 14.0. The third-order valence-electron chi connectivity index (χ3n) is 6.73. The van der Waals surface area contributed by atoms with Gasteiger partial charge in [0, 0.05) is 19.1 Å². The van der Waals surface area contributed by atoms with Crippen LogP contribution in [0.1, 0.15) is 44.6 Å². The van der Waals surface area contributed by atoms with Gasteiger partial charge in [-0.05, 0) is 84.4 Å². The number of ether oxygens (including phenoxy) is 1. The summed E-state index contributed by atoms with van der Waals surface area (Å²) < 4.78 is 6.10. The Labute approximate surface area is 206 Å². The summed E-state index contributed by atoms with van der Waals surface area (Å²) in [5.74, 6) is 1.82. The van der Waals surface area contributed by atoms with E-state index in [1.807, 2.05) is 25.2 Å². The second kappa shape index (κ2) is 12.8. The van der Waals surface area contributed by atoms with Crippen molar-refractivity contribution in [2.75, 3.05) is 53.4 Å². The average molecular weight is 544 g/mol. The molecule has 2 fully saturated rings. The van der Waals surface area contributed by atoms with Gasteiger partial charge in [-0.3, -0.25) is 9.89 Å². The highest BCUT2D eigenvalue weighted by Crippen LogP contribution is 2.30. The van der Waals surface area contributed by atoms with Crippen LogP contribution in [0.15, 0.2) is 29.3 Å². The van der Waals surface area contributed by atoms with Crippen molar-refractivity contribution in [2.24, 2.45) is 4.99 Å². The number of nitrogens with one attached hydrogen (secondary N) is 2. The monoisotopic (exact) mass is 543 g/mol. The fraction of sp³-hybridized carbons (Fsp3) is 0.708. The number of likely N-dealkylation sites (tertiary alicyclic amines) is 2. The fourth-order valence-electron chi connectivity index (χ4n) is 4.66. The molecule has 1 aromatic rings. The van der Waals surface area contributed by atoms with Crippen molar-refractivity contribution in [1.82, 2.24) is 20.4 Å². The molecular formula is C24H42IN5O. The SMILES string of the molecule is CN=C(NCC(C)Oc1ccccc1C)NCC1(N2CCCCC2)CCN(C)CC1.I. The predicted molar refractivity (Wildman–Crippen MR) is 141 cm³/mol. The summed E-state index contributed by atoms with van der Waals surface area (Å²) in [6.45, 7) is 10.7. The van der Waals surface area contributed by atoms with Gasteiger partial charge in [0.1, 0.15) is 11.9 Å². The molecule has 2 saturated heterocycles. The van der Waals surface area contributed by atoms with E-state index in [4.69, 9.17) is 4.74 Å². The quantitative estimate of drug-likeness (QED) is 0.314. The Morgan fingerprint density at radius 3 is 2.42 bits per heavy atom. The van der Waals surface area contributed by atoms with E-state index in [2.05, 4.69) is 52.4 Å². The molecule has 1 aromatic carbocycles. The number of nitrogens with zero attached hydrogens (tertiary/aromatic N) is 3. The molecule has 0 bridgehead atoms. The van der Waals surface area contributed by atoms with Gasteiger partial charge in [0.05, 0.1) is 6.54 Å². The zero-order valence-corrected chi connectivity index (χ0v) is 22.2. The van der Waals surface area contributed by atoms with Gasteiger partial charge in [-0.1, -0.05) is 24.6 Å². The van der Waals surface area contributed by atoms with E-state index in [1.54, 1.807) is 0 Å². The number of guanidine groups is 1. The Bertz CT molecular complexity index is 684. The van der Waals surface area contributed by atoms with E-state index in [0.717, 1.165) is 23.8 Å². The highest BCUT2D eigenvalue weighted by atomic mass is 127. The number of piperidine rings is 2. The molecule has 2 heterocycles. The third-order valence-corrected chi connectivity index (χ3v) is 6.73. The van der Waals surface area contributed by atoms with Gasteiger partial charge in [-0.15, -0.1) is 24.0 Å². The van der Waals surface area contributed by atoms with Crippen LogP contribution in [0.25, 0.3) is 0 Å². The lowest BCUT2D eigenvalue weighted by Gasteiger charge is -2.50. The Morgan fingerprint density at radius 1 is 1.10 bits per heavy atom. The molecule has 2 aliphatic heterocycles. The number of aryl methyl sites for hydroxylation is 1. The van der Waals surface area contributed by atoms with Crippen molar-refractivity contribution in [3.05, 3.63) is 29.8 Å². The molecule has 176 valence electrons. The van der Waals surface area contributed by atoms with E-state index < -0.39 is 0 Å². The molecular weight excluding hydrogens is 501 g/mol. The highest BCUT2D eigenvalue weighted by Gasteiger charge is 2.39. The number of hydrogen-bond acceptors (Lipinski definition) is 4. The smallest absolute Gasteiger partial charge is 0.191 e. The average Bonchev–Trinajstić information content (AvgIpc) is 2.77. The maximum Gasteiger partial charge on any atom is 0.191 e. The molecule has 0 aromatic heterocycles. The van der Waals surface area contributed by atoms with E-state index >= 15 is 0 Å². The first-order valence-corrected chi connectivity index (χ1v) is 11.6. The minimum Gasteiger partial charge on any atom is -0.489 e. The predicted octanol–water partition coefficient (Wildman–Crippen LogP) is 3.50. The first-order valence-electron chi connectivity index (χ1n) is 11.6. The minimum absolute atomic E-state index is 0. The number of aliphatic imine (C=N–C) groups is 1. The van der Waals surface area contributed by atoms with E-state index in [-0.39, 0.29) is 35.6 Å². The largest absolute Gasteiger partial charge is 0.489 e. The van der Waals surface area contributed by atoms with Gasteiger partial charge in [-0.25, -0.2) is 0 Å². The van der Waals surface area contributed by atoms with E-state index in [1.165, 1.54) is 58.3 Å². The van der Waals surface area contributed by atoms with E-state index in [0.29, 0.717) is 6.54 Å². The van der Waals surface area contributed by atoms with Crippen molar-refractivity contribution < 1.29 is 4.74 Å². The molecule has 2 N–H and O–H groups in total. The summed E-state index contributed by atoms with van der Waals surface area (Å²) in [5, 5.41) is 7.11. The van der Waals surface area contributed by atoms with Gasteiger partial charge in [0.2, 0.25) is 0 Å². The lowest BCUT2D eigenvalue weighted by molar-refractivity contribution is 0.0173. The van der Waals surface area contributed by atoms with Gasteiger partial charge in [-0.2, -0.15) is 0 Å². The molecule has 0 spiro atoms. The zero-order chi connectivity index (χ0) is 21.4. The van der Waals surface area contributed by atoms with E-state index in [9.17, 15) is 0 Å². The van der Waals surface area contributed by atoms with Gasteiger partial charge in [0.15, 0.2) is 5.96 Å². The van der Waals surface area contributed by atoms with Crippen LogP contribution in [0, 0.1) is 6.92 Å². The lowest BCUT2D eigenvalue weighted by atomic mass is 9.84. The Balaban J connectivity index is 0.00000341. The molecule has 7 heteroatoms. The maximum absolute atomic E-state index is 6.10. The molecule has 3 rings (SSSR count). The Hall–Kier alpha value is -1.06. The van der Waals surface area contributed by atoms with Gasteiger partial charge >= 0.3 is 0 Å². The maximum atomic E-state index is 6.10. The molecule has 31 heavy (non-hydrogen) atoms. The first-order chi connectivity index (χ1) is 14.5. The number of benzene rings is 1. The molecule has 6 nitrogen and oxygen atoms in total. The van der Waals surface area contributed by atoms with Crippen molar-refractivity contribution >= 4 is 29.9 Å². The molecule has 0 saturated carbocycles. The van der Waals surface area contributed by atoms with Crippen molar-refractivity contribution in [3.8, 4) is 5.75 Å². The lowest BCUT2D eigenvalue weighted by Crippen LogP contribution is -2.62. The van der Waals surface area contributed by atoms with Crippen LogP contribution in [0.3, 0.4) is 0 Å². The van der Waals surface area contributed by atoms with Gasteiger partial charge < -0.3 is 20.3 Å². The molecule has 0 radical (unpaired) electrons. The molecule has 0 aliphatic carbocycles. The van der Waals surface area contributed by atoms with Crippen LogP contribution >= 0.6 is 24.0 Å². The summed E-state index contributed by atoms with van der Waals surface area (Å²) in [5.41, 5.74) is 1.41. The Morgan fingerprint density at radius 2 is 1.77 bits per heavy atom. The van der Waals surface area contributed by atoms with Crippen LogP contribution in [0.4, 0.5) is 0 Å². The summed E-state index contributed by atoms with van der Waals surface area (Å²) in [4.78, 5) is 9.69. The van der Waals surface area contributed by atoms with Crippen LogP contribution in [0.2, 0.25) is 0 Å². The Kier molecular flexibility index (Phi) is 10.9. The van der Waals surface area contributed by atoms with Crippen LogP contribution in [-0.2, 0) is 0 Å². The fourth-order valence-corrected chi connectivity index (χ4v) is 4.66. The van der Waals surface area contributed by atoms with Crippen LogP contribution < -0.4 is 15.4 Å². The normalized spacial score (nSPS) is 21.1. The van der Waals surface area contributed by atoms with Crippen LogP contribution in [-0.4, -0.2) is 80.8 Å². The topological polar surface area (TPSA) is 52.1 Å². The summed E-state index contributed by atoms with van der Waals surface area (Å²) >= 11 is 0. The molecule has 1 unspecified atom stereocenters. The van der Waals surface area contributed by atoms with Crippen LogP contribution in [0.5, 0.6) is 5.75 Å². The molecule has 2 aliphatic rings. The van der Waals surface area contributed by atoms with Crippen molar-refractivity contribution in [1.29, 1.82) is 0 Å². The zero-order valence-electron chi connectivity index (χ0n) is 19.8. The number of hydrogen-bond donors (Lipinski definition) is 2. The summed E-state index contributed by atoms with van der Waals surface area (Å²) in [6, 6.07) is 8.17. The standard InChI is InChI=1S/C24H41N5O.HI/c1-20-10-6-7-11-22(20)30-21(2)18-26-23(25-3)27-19-24(12-16-28(4)17-13-24)29-14-8-5-9-15-29;/h6-7,10-11,21H,5,8-9,12-19H2,1-4H3,(H2,25,26,27);1H. The third kappa shape index (κ3) is 7.49. The second-order valence-electron chi connectivity index (χ2n) is 9.08. The number of halogens is 1. The number of para-hydroxylation sites is 1. The minimum atomic E-state index is 0.